The second-order valence-corrected chi connectivity index (χ2v) is 1.82. The fourth-order valence-electron chi connectivity index (χ4n) is 0.548. The van der Waals surface area contributed by atoms with Crippen molar-refractivity contribution in [3.63, 3.8) is 0 Å². The molecule has 5 nitrogen and oxygen atoms in total. The van der Waals surface area contributed by atoms with Gasteiger partial charge in [-0.05, 0) is 0 Å². The highest BCUT2D eigenvalue weighted by molar-refractivity contribution is 5.86. The Bertz CT molecular complexity index is 262. The third kappa shape index (κ3) is 2.35. The number of rotatable bonds is 1. The molecule has 0 fully saturated rings. The van der Waals surface area contributed by atoms with Crippen LogP contribution in [0.1, 0.15) is 10.5 Å². The molecule has 0 radical (unpaired) electrons. The number of aromatic nitrogens is 2. The van der Waals surface area contributed by atoms with Gasteiger partial charge in [-0.25, -0.2) is 14.8 Å². The number of hydrogen-bond donors (Lipinski definition) is 1. The molecule has 0 amide bonds. The number of ether oxygens (including phenoxy) is 1. The van der Waals surface area contributed by atoms with Crippen LogP contribution in [-0.2, 0) is 4.74 Å². The quantitative estimate of drug-likeness (QED) is 0.642. The van der Waals surface area contributed by atoms with Crippen molar-refractivity contribution in [3.05, 3.63) is 18.1 Å². The van der Waals surface area contributed by atoms with Gasteiger partial charge in [-0.15, -0.1) is 12.4 Å². The molecule has 0 aliphatic carbocycles. The summed E-state index contributed by atoms with van der Waals surface area (Å²) in [5.41, 5.74) is 5.40. The Morgan fingerprint density at radius 1 is 1.50 bits per heavy atom. The number of nitrogens with zero attached hydrogens (tertiary/aromatic N) is 2. The van der Waals surface area contributed by atoms with E-state index in [-0.39, 0.29) is 23.9 Å². The number of hydrogen-bond acceptors (Lipinski definition) is 5. The van der Waals surface area contributed by atoms with Gasteiger partial charge in [0.25, 0.3) is 0 Å². The average molecular weight is 190 g/mol. The molecule has 1 aromatic heterocycles. The summed E-state index contributed by atoms with van der Waals surface area (Å²) < 4.78 is 4.39. The first kappa shape index (κ1) is 10.6. The third-order valence-electron chi connectivity index (χ3n) is 1.07. The van der Waals surface area contributed by atoms with Crippen LogP contribution in [0.5, 0.6) is 0 Å². The monoisotopic (exact) mass is 189 g/mol. The van der Waals surface area contributed by atoms with Crippen molar-refractivity contribution in [2.45, 2.75) is 0 Å². The van der Waals surface area contributed by atoms with Crippen molar-refractivity contribution in [2.24, 2.45) is 0 Å². The lowest BCUT2D eigenvalue weighted by Crippen LogP contribution is -2.05. The van der Waals surface area contributed by atoms with Gasteiger partial charge in [-0.3, -0.25) is 0 Å². The van der Waals surface area contributed by atoms with E-state index in [2.05, 4.69) is 14.7 Å². The van der Waals surface area contributed by atoms with Gasteiger partial charge in [0.15, 0.2) is 5.69 Å². The molecule has 0 aliphatic heterocycles. The van der Waals surface area contributed by atoms with Gasteiger partial charge in [0.1, 0.15) is 5.82 Å². The van der Waals surface area contributed by atoms with Crippen LogP contribution in [0.3, 0.4) is 0 Å². The van der Waals surface area contributed by atoms with Gasteiger partial charge in [-0.2, -0.15) is 0 Å². The van der Waals surface area contributed by atoms with Gasteiger partial charge in [0, 0.05) is 0 Å². The van der Waals surface area contributed by atoms with Crippen molar-refractivity contribution in [2.75, 3.05) is 12.8 Å². The van der Waals surface area contributed by atoms with E-state index in [0.717, 1.165) is 0 Å². The van der Waals surface area contributed by atoms with Gasteiger partial charge < -0.3 is 10.5 Å². The molecular formula is C6H8ClN3O2. The number of nitrogen functional groups attached to an aromatic ring is 1. The highest BCUT2D eigenvalue weighted by Gasteiger charge is 2.05. The maximum absolute atomic E-state index is 10.8. The van der Waals surface area contributed by atoms with E-state index in [1.54, 1.807) is 0 Å². The Hall–Kier alpha value is -1.36. The Morgan fingerprint density at radius 2 is 2.17 bits per heavy atom. The van der Waals surface area contributed by atoms with Gasteiger partial charge in [0.05, 0.1) is 19.5 Å². The van der Waals surface area contributed by atoms with Crippen LogP contribution in [0.4, 0.5) is 5.82 Å². The second-order valence-electron chi connectivity index (χ2n) is 1.82. The van der Waals surface area contributed by atoms with E-state index in [1.165, 1.54) is 19.5 Å². The summed E-state index contributed by atoms with van der Waals surface area (Å²) in [6.45, 7) is 0. The largest absolute Gasteiger partial charge is 0.464 e. The normalized spacial score (nSPS) is 8.42. The lowest BCUT2D eigenvalue weighted by Gasteiger charge is -1.96. The van der Waals surface area contributed by atoms with Crippen molar-refractivity contribution in [3.8, 4) is 0 Å². The average Bonchev–Trinajstić information content (AvgIpc) is 2.05. The van der Waals surface area contributed by atoms with E-state index in [9.17, 15) is 4.79 Å². The Kier molecular flexibility index (Phi) is 3.99. The van der Waals surface area contributed by atoms with Gasteiger partial charge in [0.2, 0.25) is 0 Å². The highest BCUT2D eigenvalue weighted by Crippen LogP contribution is 1.96. The molecule has 0 aliphatic rings. The summed E-state index contributed by atoms with van der Waals surface area (Å²) in [5.74, 6) is -0.241. The molecule has 1 heterocycles. The molecule has 0 aromatic carbocycles. The van der Waals surface area contributed by atoms with E-state index in [0.29, 0.717) is 0 Å². The molecule has 0 atom stereocenters. The number of anilines is 1. The molecule has 66 valence electrons. The van der Waals surface area contributed by atoms with E-state index >= 15 is 0 Å². The molecule has 0 unspecified atom stereocenters. The van der Waals surface area contributed by atoms with Crippen LogP contribution < -0.4 is 5.73 Å². The molecule has 1 aromatic rings. The van der Waals surface area contributed by atoms with Crippen LogP contribution in [0.2, 0.25) is 0 Å². The van der Waals surface area contributed by atoms with Crippen molar-refractivity contribution in [1.29, 1.82) is 0 Å². The molecule has 0 spiro atoms. The molecule has 12 heavy (non-hydrogen) atoms. The van der Waals surface area contributed by atoms with Crippen LogP contribution >= 0.6 is 12.4 Å². The SMILES string of the molecule is COC(=O)c1cnc(N)cn1.Cl. The van der Waals surface area contributed by atoms with Crippen molar-refractivity contribution in [1.82, 2.24) is 9.97 Å². The topological polar surface area (TPSA) is 78.1 Å². The van der Waals surface area contributed by atoms with E-state index < -0.39 is 5.97 Å². The van der Waals surface area contributed by atoms with Crippen LogP contribution in [0.25, 0.3) is 0 Å². The number of nitrogens with two attached hydrogens (primary N) is 1. The summed E-state index contributed by atoms with van der Waals surface area (Å²) >= 11 is 0. The van der Waals surface area contributed by atoms with Gasteiger partial charge >= 0.3 is 5.97 Å². The van der Waals surface area contributed by atoms with E-state index in [1.807, 2.05) is 0 Å². The predicted molar refractivity (Wildman–Crippen MR) is 45.0 cm³/mol. The van der Waals surface area contributed by atoms with Crippen LogP contribution in [0.15, 0.2) is 12.4 Å². The third-order valence-corrected chi connectivity index (χ3v) is 1.07. The Balaban J connectivity index is 0.00000121. The second kappa shape index (κ2) is 4.50. The summed E-state index contributed by atoms with van der Waals surface area (Å²) in [5, 5.41) is 0. The summed E-state index contributed by atoms with van der Waals surface area (Å²) in [4.78, 5) is 18.1. The number of halogens is 1. The zero-order chi connectivity index (χ0) is 8.27. The zero-order valence-electron chi connectivity index (χ0n) is 6.35. The first-order valence-corrected chi connectivity index (χ1v) is 2.90. The summed E-state index contributed by atoms with van der Waals surface area (Å²) in [6.07, 6.45) is 2.56. The fraction of sp³-hybridized carbons (Fsp3) is 0.167. The Morgan fingerprint density at radius 3 is 2.58 bits per heavy atom. The molecule has 2 N–H and O–H groups in total. The maximum Gasteiger partial charge on any atom is 0.358 e. The van der Waals surface area contributed by atoms with Crippen LogP contribution in [0, 0.1) is 0 Å². The lowest BCUT2D eigenvalue weighted by molar-refractivity contribution is 0.0593. The maximum atomic E-state index is 10.8. The molecule has 0 bridgehead atoms. The fourth-order valence-corrected chi connectivity index (χ4v) is 0.548. The van der Waals surface area contributed by atoms with Crippen molar-refractivity contribution >= 4 is 24.2 Å². The molecular weight excluding hydrogens is 182 g/mol. The first-order chi connectivity index (χ1) is 5.24. The number of carbonyl (C=O) groups excluding carboxylic acids is 1. The summed E-state index contributed by atoms with van der Waals surface area (Å²) in [7, 11) is 1.28. The summed E-state index contributed by atoms with van der Waals surface area (Å²) in [6, 6.07) is 0. The van der Waals surface area contributed by atoms with Gasteiger partial charge in [-0.1, -0.05) is 0 Å². The standard InChI is InChI=1S/C6H7N3O2.ClH/c1-11-6(10)4-2-9-5(7)3-8-4;/h2-3H,1H3,(H2,7,9);1H. The predicted octanol–water partition coefficient (Wildman–Crippen LogP) is 0.267. The minimum Gasteiger partial charge on any atom is -0.464 e. The Labute approximate surface area is 75.4 Å². The molecule has 1 rings (SSSR count). The minimum atomic E-state index is -0.516. The smallest absolute Gasteiger partial charge is 0.358 e. The lowest BCUT2D eigenvalue weighted by atomic mass is 10.4. The van der Waals surface area contributed by atoms with Crippen molar-refractivity contribution < 1.29 is 9.53 Å². The number of methoxy groups -OCH3 is 1. The molecule has 6 heteroatoms. The number of esters is 1. The molecule has 0 saturated carbocycles. The zero-order valence-corrected chi connectivity index (χ0v) is 7.17. The van der Waals surface area contributed by atoms with Crippen LogP contribution in [-0.4, -0.2) is 23.0 Å². The highest BCUT2D eigenvalue weighted by atomic mass is 35.5. The first-order valence-electron chi connectivity index (χ1n) is 2.90. The molecule has 0 saturated heterocycles. The van der Waals surface area contributed by atoms with E-state index in [4.69, 9.17) is 5.73 Å². The minimum absolute atomic E-state index is 0. The number of carbonyl (C=O) groups is 1.